The van der Waals surface area contributed by atoms with Crippen LogP contribution in [-0.2, 0) is 0 Å². The summed E-state index contributed by atoms with van der Waals surface area (Å²) in [4.78, 5) is 4.70. The van der Waals surface area contributed by atoms with Gasteiger partial charge in [0.05, 0.1) is 0 Å². The Balaban J connectivity index is 1.90. The average molecular weight is 374 g/mol. The largest absolute Gasteiger partial charge is 0.435 e. The maximum Gasteiger partial charge on any atom is 0.227 e. The van der Waals surface area contributed by atoms with E-state index in [1.165, 1.54) is 16.2 Å². The molecule has 0 saturated heterocycles. The summed E-state index contributed by atoms with van der Waals surface area (Å²) in [6, 6.07) is 24.8. The Morgan fingerprint density at radius 1 is 0.750 bits per heavy atom. The second-order valence-electron chi connectivity index (χ2n) is 5.80. The molecule has 0 radical (unpaired) electrons. The predicted molar refractivity (Wildman–Crippen MR) is 102 cm³/mol. The molecule has 0 aliphatic heterocycles. The molecule has 4 aromatic carbocycles. The first-order valence-electron chi connectivity index (χ1n) is 7.77. The molecule has 24 heavy (non-hydrogen) atoms. The molecular weight excluding hydrogens is 362 g/mol. The Hall–Kier alpha value is -2.65. The lowest BCUT2D eigenvalue weighted by Gasteiger charge is -2.05. The van der Waals surface area contributed by atoms with Crippen LogP contribution in [0.5, 0.6) is 0 Å². The first-order valence-corrected chi connectivity index (χ1v) is 8.56. The fourth-order valence-electron chi connectivity index (χ4n) is 3.21. The zero-order valence-corrected chi connectivity index (χ0v) is 14.2. The van der Waals surface area contributed by atoms with Gasteiger partial charge in [0.25, 0.3) is 0 Å². The van der Waals surface area contributed by atoms with E-state index < -0.39 is 0 Å². The third-order valence-electron chi connectivity index (χ3n) is 4.36. The second kappa shape index (κ2) is 5.18. The number of halogens is 1. The van der Waals surface area contributed by atoms with Gasteiger partial charge in [-0.2, -0.15) is 0 Å². The van der Waals surface area contributed by atoms with Crippen LogP contribution in [0, 0.1) is 0 Å². The topological polar surface area (TPSA) is 26.0 Å². The van der Waals surface area contributed by atoms with Crippen LogP contribution in [0.25, 0.3) is 44.1 Å². The fraction of sp³-hybridized carbons (Fsp3) is 0. The molecule has 0 bridgehead atoms. The highest BCUT2D eigenvalue weighted by molar-refractivity contribution is 9.10. The standard InChI is InChI=1S/C21H12BrNO/c22-18-12-17-15-9-5-4-6-13(15)10-11-16(17)20-19(18)23-21(24-20)14-7-2-1-3-8-14/h1-12H. The summed E-state index contributed by atoms with van der Waals surface area (Å²) in [7, 11) is 0. The molecule has 2 nitrogen and oxygen atoms in total. The molecule has 5 aromatic rings. The third-order valence-corrected chi connectivity index (χ3v) is 4.96. The summed E-state index contributed by atoms with van der Waals surface area (Å²) in [6.07, 6.45) is 0. The SMILES string of the molecule is Brc1cc2c3ccccc3ccc2c2oc(-c3ccccc3)nc12. The van der Waals surface area contributed by atoms with Gasteiger partial charge in [-0.25, -0.2) is 4.98 Å². The molecule has 1 heterocycles. The van der Waals surface area contributed by atoms with E-state index in [-0.39, 0.29) is 0 Å². The molecule has 0 unspecified atom stereocenters. The molecule has 3 heteroatoms. The van der Waals surface area contributed by atoms with Crippen LogP contribution in [0.4, 0.5) is 0 Å². The maximum atomic E-state index is 6.16. The molecule has 0 atom stereocenters. The molecule has 0 aliphatic carbocycles. The molecule has 0 saturated carbocycles. The van der Waals surface area contributed by atoms with Crippen molar-refractivity contribution in [2.24, 2.45) is 0 Å². The summed E-state index contributed by atoms with van der Waals surface area (Å²) in [5.74, 6) is 0.645. The Morgan fingerprint density at radius 3 is 2.42 bits per heavy atom. The second-order valence-corrected chi connectivity index (χ2v) is 6.66. The van der Waals surface area contributed by atoms with E-state index in [0.29, 0.717) is 5.89 Å². The smallest absolute Gasteiger partial charge is 0.227 e. The van der Waals surface area contributed by atoms with E-state index in [2.05, 4.69) is 58.4 Å². The first kappa shape index (κ1) is 13.8. The fourth-order valence-corrected chi connectivity index (χ4v) is 3.71. The molecule has 0 aliphatic rings. The Labute approximate surface area is 146 Å². The average Bonchev–Trinajstić information content (AvgIpc) is 3.09. The van der Waals surface area contributed by atoms with Gasteiger partial charge in [-0.3, -0.25) is 0 Å². The molecule has 0 amide bonds. The summed E-state index contributed by atoms with van der Waals surface area (Å²) in [6.45, 7) is 0. The monoisotopic (exact) mass is 373 g/mol. The molecule has 0 fully saturated rings. The van der Waals surface area contributed by atoms with Crippen LogP contribution in [0.3, 0.4) is 0 Å². The minimum absolute atomic E-state index is 0.645. The van der Waals surface area contributed by atoms with Crippen molar-refractivity contribution in [3.05, 3.63) is 77.3 Å². The lowest BCUT2D eigenvalue weighted by atomic mass is 10.0. The van der Waals surface area contributed by atoms with E-state index in [4.69, 9.17) is 9.40 Å². The van der Waals surface area contributed by atoms with Crippen LogP contribution < -0.4 is 0 Å². The number of benzene rings is 4. The van der Waals surface area contributed by atoms with Crippen LogP contribution in [0.2, 0.25) is 0 Å². The number of nitrogens with zero attached hydrogens (tertiary/aromatic N) is 1. The summed E-state index contributed by atoms with van der Waals surface area (Å²) >= 11 is 3.67. The third kappa shape index (κ3) is 1.98. The number of aromatic nitrogens is 1. The Bertz CT molecular complexity index is 1210. The molecular formula is C21H12BrNO. The van der Waals surface area contributed by atoms with Gasteiger partial charge >= 0.3 is 0 Å². The number of fused-ring (bicyclic) bond motifs is 5. The lowest BCUT2D eigenvalue weighted by Crippen LogP contribution is -1.80. The van der Waals surface area contributed by atoms with Crippen LogP contribution in [0.1, 0.15) is 0 Å². The quantitative estimate of drug-likeness (QED) is 0.311. The lowest BCUT2D eigenvalue weighted by molar-refractivity contribution is 0.623. The highest BCUT2D eigenvalue weighted by atomic mass is 79.9. The minimum atomic E-state index is 0.645. The Kier molecular flexibility index (Phi) is 2.97. The van der Waals surface area contributed by atoms with Crippen molar-refractivity contribution in [2.75, 3.05) is 0 Å². The van der Waals surface area contributed by atoms with E-state index in [0.717, 1.165) is 26.5 Å². The van der Waals surface area contributed by atoms with Crippen LogP contribution in [-0.4, -0.2) is 4.98 Å². The van der Waals surface area contributed by atoms with Crippen molar-refractivity contribution in [1.82, 2.24) is 4.98 Å². The van der Waals surface area contributed by atoms with Crippen molar-refractivity contribution in [1.29, 1.82) is 0 Å². The van der Waals surface area contributed by atoms with Crippen molar-refractivity contribution in [2.45, 2.75) is 0 Å². The maximum absolute atomic E-state index is 6.16. The number of hydrogen-bond acceptors (Lipinski definition) is 2. The van der Waals surface area contributed by atoms with Gasteiger partial charge in [-0.05, 0) is 56.4 Å². The Morgan fingerprint density at radius 2 is 1.54 bits per heavy atom. The zero-order chi connectivity index (χ0) is 16.1. The number of oxazole rings is 1. The van der Waals surface area contributed by atoms with E-state index in [1.807, 2.05) is 30.3 Å². The van der Waals surface area contributed by atoms with Crippen LogP contribution in [0.15, 0.2) is 81.7 Å². The van der Waals surface area contributed by atoms with Gasteiger partial charge in [0, 0.05) is 15.4 Å². The normalized spacial score (nSPS) is 11.5. The molecule has 1 aromatic heterocycles. The number of rotatable bonds is 1. The van der Waals surface area contributed by atoms with E-state index in [1.54, 1.807) is 0 Å². The van der Waals surface area contributed by atoms with Crippen molar-refractivity contribution >= 4 is 48.6 Å². The summed E-state index contributed by atoms with van der Waals surface area (Å²) in [5, 5.41) is 4.69. The first-order chi connectivity index (χ1) is 11.8. The van der Waals surface area contributed by atoms with Crippen LogP contribution >= 0.6 is 15.9 Å². The van der Waals surface area contributed by atoms with Gasteiger partial charge in [0.15, 0.2) is 5.58 Å². The van der Waals surface area contributed by atoms with Gasteiger partial charge in [0.1, 0.15) is 5.52 Å². The van der Waals surface area contributed by atoms with Crippen molar-refractivity contribution in [3.8, 4) is 11.5 Å². The van der Waals surface area contributed by atoms with Gasteiger partial charge < -0.3 is 4.42 Å². The molecule has 0 N–H and O–H groups in total. The van der Waals surface area contributed by atoms with Gasteiger partial charge in [-0.15, -0.1) is 0 Å². The van der Waals surface area contributed by atoms with E-state index >= 15 is 0 Å². The molecule has 0 spiro atoms. The molecule has 5 rings (SSSR count). The zero-order valence-electron chi connectivity index (χ0n) is 12.7. The van der Waals surface area contributed by atoms with E-state index in [9.17, 15) is 0 Å². The van der Waals surface area contributed by atoms with Gasteiger partial charge in [0.2, 0.25) is 5.89 Å². The minimum Gasteiger partial charge on any atom is -0.435 e. The number of hydrogen-bond donors (Lipinski definition) is 0. The summed E-state index contributed by atoms with van der Waals surface area (Å²) < 4.78 is 7.11. The molecule has 114 valence electrons. The highest BCUT2D eigenvalue weighted by Crippen LogP contribution is 2.37. The van der Waals surface area contributed by atoms with Crippen molar-refractivity contribution < 1.29 is 4.42 Å². The van der Waals surface area contributed by atoms with Gasteiger partial charge in [-0.1, -0.05) is 48.5 Å². The predicted octanol–water partition coefficient (Wildman–Crippen LogP) is 6.56. The van der Waals surface area contributed by atoms with Crippen molar-refractivity contribution in [3.63, 3.8) is 0 Å². The summed E-state index contributed by atoms with van der Waals surface area (Å²) in [5.41, 5.74) is 2.66. The highest BCUT2D eigenvalue weighted by Gasteiger charge is 2.15.